The van der Waals surface area contributed by atoms with Crippen LogP contribution in [0.25, 0.3) is 0 Å². The summed E-state index contributed by atoms with van der Waals surface area (Å²) in [4.78, 5) is 28.4. The third kappa shape index (κ3) is 24.9. The number of unbranched alkanes of at least 4 members (excludes halogenated alkanes) is 35. The Kier molecular flexibility index (Phi) is 35.2. The van der Waals surface area contributed by atoms with E-state index in [4.69, 9.17) is 4.74 Å². The Morgan fingerprint density at radius 2 is 0.679 bits per heavy atom. The first-order valence-electron chi connectivity index (χ1n) is 25.9. The molecule has 0 saturated carbocycles. The normalized spacial score (nSPS) is 17.7. The summed E-state index contributed by atoms with van der Waals surface area (Å²) >= 11 is 0. The number of carbonyl (C=O) groups excluding carboxylic acids is 1. The lowest BCUT2D eigenvalue weighted by Gasteiger charge is -2.31. The SMILES string of the molecule is CCCCCCCCCCCCCCCCC(CCCCCCCC)(C(=O)O)C(=O)C1(CCCCCCCC)OC1CCCCCCCCCCCCCCC. The summed E-state index contributed by atoms with van der Waals surface area (Å²) in [5, 5.41) is 11.0. The molecular formula is C52H100O4. The van der Waals surface area contributed by atoms with Crippen LogP contribution < -0.4 is 0 Å². The standard InChI is InChI=1S/C52H100O4/c1-5-9-13-17-21-23-25-27-29-31-33-35-38-42-46-51(50(54)55,45-41-37-19-15-11-7-3)49(53)52(47-43-39-20-16-12-8-4)48(56-52)44-40-36-34-32-30-28-26-24-22-18-14-10-6-2/h48H,5-47H2,1-4H3,(H,54,55). The van der Waals surface area contributed by atoms with Crippen LogP contribution >= 0.6 is 0 Å². The van der Waals surface area contributed by atoms with Gasteiger partial charge in [-0.3, -0.25) is 9.59 Å². The van der Waals surface area contributed by atoms with E-state index in [1.165, 1.54) is 193 Å². The summed E-state index contributed by atoms with van der Waals surface area (Å²) < 4.78 is 6.53. The average molecular weight is 789 g/mol. The maximum atomic E-state index is 14.9. The van der Waals surface area contributed by atoms with Gasteiger partial charge in [-0.1, -0.05) is 278 Å². The molecule has 0 aliphatic carbocycles. The fourth-order valence-electron chi connectivity index (χ4n) is 9.46. The molecule has 3 unspecified atom stereocenters. The summed E-state index contributed by atoms with van der Waals surface area (Å²) in [7, 11) is 0. The number of ether oxygens (including phenoxy) is 1. The van der Waals surface area contributed by atoms with Crippen molar-refractivity contribution in [1.29, 1.82) is 0 Å². The second-order valence-corrected chi connectivity index (χ2v) is 18.6. The molecule has 1 N–H and O–H groups in total. The van der Waals surface area contributed by atoms with E-state index in [9.17, 15) is 14.7 Å². The Morgan fingerprint density at radius 3 is 0.982 bits per heavy atom. The minimum absolute atomic E-state index is 0.0472. The molecule has 1 fully saturated rings. The quantitative estimate of drug-likeness (QED) is 0.0379. The molecular weight excluding hydrogens is 689 g/mol. The molecule has 4 heteroatoms. The summed E-state index contributed by atoms with van der Waals surface area (Å²) in [6, 6.07) is 0. The summed E-state index contributed by atoms with van der Waals surface area (Å²) in [6.07, 6.45) is 51.3. The van der Waals surface area contributed by atoms with Gasteiger partial charge in [0.1, 0.15) is 5.41 Å². The highest BCUT2D eigenvalue weighted by molar-refractivity contribution is 6.08. The maximum absolute atomic E-state index is 14.9. The molecule has 0 amide bonds. The van der Waals surface area contributed by atoms with Gasteiger partial charge in [-0.05, 0) is 25.7 Å². The molecule has 1 aliphatic heterocycles. The van der Waals surface area contributed by atoms with Crippen LogP contribution in [0.3, 0.4) is 0 Å². The van der Waals surface area contributed by atoms with Crippen molar-refractivity contribution < 1.29 is 19.4 Å². The molecule has 4 nitrogen and oxygen atoms in total. The summed E-state index contributed by atoms with van der Waals surface area (Å²) in [5.41, 5.74) is -2.16. The molecule has 56 heavy (non-hydrogen) atoms. The first-order valence-corrected chi connectivity index (χ1v) is 25.9. The summed E-state index contributed by atoms with van der Waals surface area (Å²) in [6.45, 7) is 9.05. The molecule has 0 aromatic heterocycles. The molecule has 332 valence electrons. The van der Waals surface area contributed by atoms with E-state index in [0.717, 1.165) is 64.2 Å². The van der Waals surface area contributed by atoms with E-state index >= 15 is 0 Å². The molecule has 0 aromatic carbocycles. The van der Waals surface area contributed by atoms with Crippen molar-refractivity contribution in [2.75, 3.05) is 0 Å². The second kappa shape index (κ2) is 37.1. The Hall–Kier alpha value is -0.900. The molecule has 0 aromatic rings. The Morgan fingerprint density at radius 1 is 0.411 bits per heavy atom. The molecule has 1 aliphatic rings. The first kappa shape index (κ1) is 53.1. The van der Waals surface area contributed by atoms with Gasteiger partial charge in [-0.15, -0.1) is 0 Å². The van der Waals surface area contributed by atoms with E-state index in [1.807, 2.05) is 0 Å². The maximum Gasteiger partial charge on any atom is 0.317 e. The van der Waals surface area contributed by atoms with Gasteiger partial charge in [-0.2, -0.15) is 0 Å². The number of hydrogen-bond acceptors (Lipinski definition) is 3. The van der Waals surface area contributed by atoms with Crippen LogP contribution in [0.2, 0.25) is 0 Å². The average Bonchev–Trinajstić information content (AvgIpc) is 3.91. The molecule has 0 radical (unpaired) electrons. The van der Waals surface area contributed by atoms with Gasteiger partial charge in [0.25, 0.3) is 0 Å². The second-order valence-electron chi connectivity index (χ2n) is 18.6. The predicted molar refractivity (Wildman–Crippen MR) is 244 cm³/mol. The summed E-state index contributed by atoms with van der Waals surface area (Å²) in [5.74, 6) is -0.919. The number of hydrogen-bond donors (Lipinski definition) is 1. The highest BCUT2D eigenvalue weighted by Crippen LogP contribution is 2.51. The highest BCUT2D eigenvalue weighted by atomic mass is 16.6. The Labute approximate surface area is 351 Å². The number of carboxylic acid groups (broad SMARTS) is 1. The van der Waals surface area contributed by atoms with Crippen molar-refractivity contribution >= 4 is 11.8 Å². The number of aliphatic carboxylic acids is 1. The smallest absolute Gasteiger partial charge is 0.317 e. The van der Waals surface area contributed by atoms with Crippen LogP contribution in [-0.2, 0) is 14.3 Å². The Bertz CT molecular complexity index is 886. The van der Waals surface area contributed by atoms with Gasteiger partial charge in [0.15, 0.2) is 11.4 Å². The van der Waals surface area contributed by atoms with Crippen LogP contribution in [0.15, 0.2) is 0 Å². The zero-order valence-corrected chi connectivity index (χ0v) is 38.7. The van der Waals surface area contributed by atoms with E-state index in [1.54, 1.807) is 0 Å². The highest BCUT2D eigenvalue weighted by Gasteiger charge is 2.66. The van der Waals surface area contributed by atoms with Crippen molar-refractivity contribution in [3.05, 3.63) is 0 Å². The van der Waals surface area contributed by atoms with Crippen LogP contribution in [-0.4, -0.2) is 28.6 Å². The van der Waals surface area contributed by atoms with Crippen molar-refractivity contribution in [3.63, 3.8) is 0 Å². The monoisotopic (exact) mass is 789 g/mol. The largest absolute Gasteiger partial charge is 0.480 e. The Balaban J connectivity index is 2.74. The van der Waals surface area contributed by atoms with Crippen LogP contribution in [0.1, 0.15) is 304 Å². The third-order valence-corrected chi connectivity index (χ3v) is 13.4. The number of epoxide rings is 1. The predicted octanol–water partition coefficient (Wildman–Crippen LogP) is 17.6. The van der Waals surface area contributed by atoms with Gasteiger partial charge in [-0.25, -0.2) is 0 Å². The van der Waals surface area contributed by atoms with Gasteiger partial charge >= 0.3 is 5.97 Å². The molecule has 1 saturated heterocycles. The van der Waals surface area contributed by atoms with Crippen LogP contribution in [0, 0.1) is 5.41 Å². The number of rotatable bonds is 46. The van der Waals surface area contributed by atoms with Crippen molar-refractivity contribution in [2.24, 2.45) is 5.41 Å². The van der Waals surface area contributed by atoms with Gasteiger partial charge in [0, 0.05) is 0 Å². The minimum Gasteiger partial charge on any atom is -0.480 e. The van der Waals surface area contributed by atoms with Crippen molar-refractivity contribution in [2.45, 2.75) is 315 Å². The van der Waals surface area contributed by atoms with E-state index in [-0.39, 0.29) is 11.9 Å². The lowest BCUT2D eigenvalue weighted by Crippen LogP contribution is -2.48. The van der Waals surface area contributed by atoms with E-state index in [2.05, 4.69) is 27.7 Å². The number of carboxylic acids is 1. The fraction of sp³-hybridized carbons (Fsp3) is 0.962. The van der Waals surface area contributed by atoms with Crippen LogP contribution in [0.4, 0.5) is 0 Å². The molecule has 0 spiro atoms. The molecule has 0 bridgehead atoms. The van der Waals surface area contributed by atoms with Gasteiger partial charge < -0.3 is 9.84 Å². The van der Waals surface area contributed by atoms with E-state index in [0.29, 0.717) is 19.3 Å². The fourth-order valence-corrected chi connectivity index (χ4v) is 9.46. The minimum atomic E-state index is -1.30. The van der Waals surface area contributed by atoms with Gasteiger partial charge in [0.05, 0.1) is 6.10 Å². The number of carbonyl (C=O) groups is 2. The number of ketones is 1. The first-order chi connectivity index (χ1) is 27.4. The van der Waals surface area contributed by atoms with E-state index < -0.39 is 17.0 Å². The topological polar surface area (TPSA) is 66.9 Å². The third-order valence-electron chi connectivity index (χ3n) is 13.4. The molecule has 1 heterocycles. The zero-order valence-electron chi connectivity index (χ0n) is 38.7. The lowest BCUT2D eigenvalue weighted by molar-refractivity contribution is -0.159. The lowest BCUT2D eigenvalue weighted by atomic mass is 9.68. The molecule has 1 rings (SSSR count). The molecule has 3 atom stereocenters. The number of Topliss-reactive ketones (excluding diaryl/α,β-unsaturated/α-hetero) is 1. The van der Waals surface area contributed by atoms with Crippen molar-refractivity contribution in [3.8, 4) is 0 Å². The zero-order chi connectivity index (χ0) is 40.8. The van der Waals surface area contributed by atoms with Gasteiger partial charge in [0.2, 0.25) is 0 Å². The van der Waals surface area contributed by atoms with Crippen LogP contribution in [0.5, 0.6) is 0 Å². The van der Waals surface area contributed by atoms with Crippen molar-refractivity contribution in [1.82, 2.24) is 0 Å².